The summed E-state index contributed by atoms with van der Waals surface area (Å²) in [6.07, 6.45) is 1.25. The molecular formula is C12H20Cl2. The summed E-state index contributed by atoms with van der Waals surface area (Å²) >= 11 is 11.5. The standard InChI is InChI=1S/C7H6Cl2.C3H8.C2H6/c1-5-6(8)3-2-4-7(5)9;1-3-2;1-2/h2-4H,1H3;3H2,1-2H3;1-2H3. The van der Waals surface area contributed by atoms with Crippen molar-refractivity contribution >= 4 is 23.2 Å². The highest BCUT2D eigenvalue weighted by atomic mass is 35.5. The number of hydrogen-bond donors (Lipinski definition) is 0. The lowest BCUT2D eigenvalue weighted by atomic mass is 10.2. The van der Waals surface area contributed by atoms with E-state index in [-0.39, 0.29) is 0 Å². The second-order valence-electron chi connectivity index (χ2n) is 2.55. The predicted molar refractivity (Wildman–Crippen MR) is 68.5 cm³/mol. The summed E-state index contributed by atoms with van der Waals surface area (Å²) in [5, 5.41) is 1.45. The third-order valence-electron chi connectivity index (χ3n) is 1.20. The Labute approximate surface area is 98.2 Å². The molecule has 0 spiro atoms. The third-order valence-corrected chi connectivity index (χ3v) is 2.02. The van der Waals surface area contributed by atoms with Gasteiger partial charge in [-0.25, -0.2) is 0 Å². The van der Waals surface area contributed by atoms with E-state index < -0.39 is 0 Å². The highest BCUT2D eigenvalue weighted by molar-refractivity contribution is 6.35. The monoisotopic (exact) mass is 234 g/mol. The van der Waals surface area contributed by atoms with Gasteiger partial charge in [-0.05, 0) is 24.6 Å². The van der Waals surface area contributed by atoms with Crippen LogP contribution in [-0.4, -0.2) is 0 Å². The molecule has 1 rings (SSSR count). The molecule has 0 unspecified atom stereocenters. The summed E-state index contributed by atoms with van der Waals surface area (Å²) in [6, 6.07) is 5.48. The summed E-state index contributed by atoms with van der Waals surface area (Å²) < 4.78 is 0. The Bertz CT molecular complexity index is 212. The largest absolute Gasteiger partial charge is 0.0840 e. The van der Waals surface area contributed by atoms with Crippen LogP contribution in [0.3, 0.4) is 0 Å². The van der Waals surface area contributed by atoms with Crippen molar-refractivity contribution in [2.24, 2.45) is 0 Å². The molecule has 0 aliphatic heterocycles. The zero-order chi connectivity index (χ0) is 11.6. The van der Waals surface area contributed by atoms with E-state index in [4.69, 9.17) is 23.2 Å². The molecule has 82 valence electrons. The smallest absolute Gasteiger partial charge is 0.0450 e. The van der Waals surface area contributed by atoms with Crippen LogP contribution < -0.4 is 0 Å². The molecule has 0 saturated heterocycles. The molecule has 0 aromatic heterocycles. The van der Waals surface area contributed by atoms with Crippen LogP contribution >= 0.6 is 23.2 Å². The van der Waals surface area contributed by atoms with Gasteiger partial charge in [0.15, 0.2) is 0 Å². The van der Waals surface area contributed by atoms with E-state index in [9.17, 15) is 0 Å². The minimum absolute atomic E-state index is 0.725. The molecule has 14 heavy (non-hydrogen) atoms. The molecule has 2 heteroatoms. The van der Waals surface area contributed by atoms with Gasteiger partial charge in [0.25, 0.3) is 0 Å². The van der Waals surface area contributed by atoms with Crippen molar-refractivity contribution in [1.82, 2.24) is 0 Å². The van der Waals surface area contributed by atoms with Gasteiger partial charge in [-0.2, -0.15) is 0 Å². The lowest BCUT2D eigenvalue weighted by Gasteiger charge is -1.96. The zero-order valence-electron chi connectivity index (χ0n) is 9.70. The lowest BCUT2D eigenvalue weighted by Crippen LogP contribution is -1.73. The highest BCUT2D eigenvalue weighted by Crippen LogP contribution is 2.21. The molecule has 0 amide bonds. The summed E-state index contributed by atoms with van der Waals surface area (Å²) in [7, 11) is 0. The molecule has 0 atom stereocenters. The maximum Gasteiger partial charge on any atom is 0.0450 e. The number of halogens is 2. The van der Waals surface area contributed by atoms with Crippen molar-refractivity contribution in [1.29, 1.82) is 0 Å². The Morgan fingerprint density at radius 1 is 1.00 bits per heavy atom. The molecule has 0 radical (unpaired) electrons. The number of hydrogen-bond acceptors (Lipinski definition) is 0. The quantitative estimate of drug-likeness (QED) is 0.537. The highest BCUT2D eigenvalue weighted by Gasteiger charge is 1.96. The Kier molecular flexibility index (Phi) is 12.6. The molecule has 0 bridgehead atoms. The average molecular weight is 235 g/mol. The third kappa shape index (κ3) is 7.23. The molecule has 1 aromatic carbocycles. The van der Waals surface area contributed by atoms with Gasteiger partial charge in [0.05, 0.1) is 0 Å². The van der Waals surface area contributed by atoms with Gasteiger partial charge in [0.2, 0.25) is 0 Å². The summed E-state index contributed by atoms with van der Waals surface area (Å²) in [6.45, 7) is 10.1. The van der Waals surface area contributed by atoms with Crippen LogP contribution in [0, 0.1) is 6.92 Å². The van der Waals surface area contributed by atoms with Gasteiger partial charge in [0.1, 0.15) is 0 Å². The summed E-state index contributed by atoms with van der Waals surface area (Å²) in [4.78, 5) is 0. The molecule has 1 aromatic rings. The first-order chi connectivity index (χ1) is 6.63. The molecule has 0 saturated carbocycles. The van der Waals surface area contributed by atoms with Gasteiger partial charge in [0, 0.05) is 10.0 Å². The van der Waals surface area contributed by atoms with Gasteiger partial charge < -0.3 is 0 Å². The van der Waals surface area contributed by atoms with Crippen molar-refractivity contribution in [3.63, 3.8) is 0 Å². The maximum absolute atomic E-state index is 5.73. The Morgan fingerprint density at radius 2 is 1.29 bits per heavy atom. The minimum Gasteiger partial charge on any atom is -0.0840 e. The molecule has 0 nitrogen and oxygen atoms in total. The van der Waals surface area contributed by atoms with Gasteiger partial charge in [-0.3, -0.25) is 0 Å². The first-order valence-corrected chi connectivity index (χ1v) is 5.79. The Balaban J connectivity index is 0. The fraction of sp³-hybridized carbons (Fsp3) is 0.500. The van der Waals surface area contributed by atoms with Crippen molar-refractivity contribution in [3.05, 3.63) is 33.8 Å². The molecule has 0 N–H and O–H groups in total. The maximum atomic E-state index is 5.73. The van der Waals surface area contributed by atoms with Crippen LogP contribution in [0.15, 0.2) is 18.2 Å². The van der Waals surface area contributed by atoms with Crippen LogP contribution in [0.1, 0.15) is 39.7 Å². The second-order valence-corrected chi connectivity index (χ2v) is 3.37. The summed E-state index contributed by atoms with van der Waals surface area (Å²) in [5.74, 6) is 0. The molecular weight excluding hydrogens is 215 g/mol. The van der Waals surface area contributed by atoms with Crippen LogP contribution in [0.4, 0.5) is 0 Å². The van der Waals surface area contributed by atoms with E-state index in [1.165, 1.54) is 6.42 Å². The van der Waals surface area contributed by atoms with Crippen LogP contribution in [0.25, 0.3) is 0 Å². The first-order valence-electron chi connectivity index (χ1n) is 5.04. The van der Waals surface area contributed by atoms with Gasteiger partial charge in [-0.1, -0.05) is 63.4 Å². The van der Waals surface area contributed by atoms with Crippen molar-refractivity contribution < 1.29 is 0 Å². The van der Waals surface area contributed by atoms with Crippen molar-refractivity contribution in [2.45, 2.75) is 41.0 Å². The zero-order valence-corrected chi connectivity index (χ0v) is 11.2. The van der Waals surface area contributed by atoms with E-state index in [2.05, 4.69) is 13.8 Å². The molecule has 0 fully saturated rings. The second kappa shape index (κ2) is 10.9. The van der Waals surface area contributed by atoms with Gasteiger partial charge in [-0.15, -0.1) is 0 Å². The summed E-state index contributed by atoms with van der Waals surface area (Å²) in [5.41, 5.74) is 0.945. The van der Waals surface area contributed by atoms with Crippen LogP contribution in [0.2, 0.25) is 10.0 Å². The first kappa shape index (κ1) is 16.2. The number of rotatable bonds is 0. The van der Waals surface area contributed by atoms with Crippen LogP contribution in [0.5, 0.6) is 0 Å². The van der Waals surface area contributed by atoms with Crippen LogP contribution in [-0.2, 0) is 0 Å². The van der Waals surface area contributed by atoms with E-state index in [1.54, 1.807) is 0 Å². The van der Waals surface area contributed by atoms with E-state index in [0.29, 0.717) is 0 Å². The van der Waals surface area contributed by atoms with Crippen molar-refractivity contribution in [2.75, 3.05) is 0 Å². The SMILES string of the molecule is CC.CCC.Cc1c(Cl)cccc1Cl. The van der Waals surface area contributed by atoms with Gasteiger partial charge >= 0.3 is 0 Å². The fourth-order valence-corrected chi connectivity index (χ4v) is 0.979. The lowest BCUT2D eigenvalue weighted by molar-refractivity contribution is 1.09. The van der Waals surface area contributed by atoms with E-state index >= 15 is 0 Å². The fourth-order valence-electron chi connectivity index (χ4n) is 0.581. The molecule has 0 aliphatic carbocycles. The average Bonchev–Trinajstić information content (AvgIpc) is 2.19. The molecule has 0 aliphatic rings. The topological polar surface area (TPSA) is 0 Å². The predicted octanol–water partition coefficient (Wildman–Crippen LogP) is 5.74. The minimum atomic E-state index is 0.725. The Morgan fingerprint density at radius 3 is 1.50 bits per heavy atom. The molecule has 0 heterocycles. The number of benzene rings is 1. The normalized spacial score (nSPS) is 7.93. The van der Waals surface area contributed by atoms with E-state index in [0.717, 1.165) is 15.6 Å². The van der Waals surface area contributed by atoms with E-state index in [1.807, 2.05) is 39.0 Å². The van der Waals surface area contributed by atoms with Crippen molar-refractivity contribution in [3.8, 4) is 0 Å². The Hall–Kier alpha value is -0.200.